The molecule has 0 aromatic rings. The van der Waals surface area contributed by atoms with E-state index in [1.54, 1.807) is 0 Å². The molecule has 2 nitrogen and oxygen atoms in total. The predicted molar refractivity (Wildman–Crippen MR) is 54.1 cm³/mol. The zero-order valence-corrected chi connectivity index (χ0v) is 9.29. The van der Waals surface area contributed by atoms with Crippen LogP contribution in [0.5, 0.6) is 0 Å². The first-order valence-electron chi connectivity index (χ1n) is 5.57. The minimum Gasteiger partial charge on any atom is -0.377 e. The van der Waals surface area contributed by atoms with E-state index in [0.29, 0.717) is 13.2 Å². The van der Waals surface area contributed by atoms with Crippen molar-refractivity contribution in [2.45, 2.75) is 45.0 Å². The van der Waals surface area contributed by atoms with Crippen LogP contribution in [0, 0.1) is 5.92 Å². The lowest BCUT2D eigenvalue weighted by Gasteiger charge is -2.50. The van der Waals surface area contributed by atoms with E-state index in [4.69, 9.17) is 4.74 Å². The molecular weight excluding hydrogens is 181 g/mol. The summed E-state index contributed by atoms with van der Waals surface area (Å²) >= 11 is 0. The Balaban J connectivity index is 2.00. The Bertz CT molecular complexity index is 221. The van der Waals surface area contributed by atoms with Gasteiger partial charge in [0.1, 0.15) is 6.17 Å². The minimum atomic E-state index is -0.659. The lowest BCUT2D eigenvalue weighted by atomic mass is 9.78. The fourth-order valence-corrected chi connectivity index (χ4v) is 2.66. The fourth-order valence-electron chi connectivity index (χ4n) is 2.66. The van der Waals surface area contributed by atoms with E-state index in [1.807, 2.05) is 20.8 Å². The first-order chi connectivity index (χ1) is 6.56. The van der Waals surface area contributed by atoms with E-state index in [1.165, 1.54) is 0 Å². The predicted octanol–water partition coefficient (Wildman–Crippen LogP) is 1.84. The summed E-state index contributed by atoms with van der Waals surface area (Å²) in [7, 11) is 0. The second-order valence-corrected chi connectivity index (χ2v) is 4.96. The van der Waals surface area contributed by atoms with Crippen LogP contribution in [0.3, 0.4) is 0 Å². The lowest BCUT2D eigenvalue weighted by molar-refractivity contribution is -0.0830. The summed E-state index contributed by atoms with van der Waals surface area (Å²) in [6, 6.07) is 0. The van der Waals surface area contributed by atoms with Crippen molar-refractivity contribution in [1.82, 2.24) is 4.90 Å². The maximum absolute atomic E-state index is 13.5. The van der Waals surface area contributed by atoms with Gasteiger partial charge in [-0.3, -0.25) is 4.90 Å². The van der Waals surface area contributed by atoms with Gasteiger partial charge >= 0.3 is 0 Å². The van der Waals surface area contributed by atoms with Crippen LogP contribution in [0.25, 0.3) is 0 Å². The van der Waals surface area contributed by atoms with Crippen LogP contribution in [-0.2, 0) is 4.74 Å². The number of hydrogen-bond donors (Lipinski definition) is 0. The van der Waals surface area contributed by atoms with Crippen LogP contribution in [0.15, 0.2) is 0 Å². The highest BCUT2D eigenvalue weighted by Gasteiger charge is 2.57. The van der Waals surface area contributed by atoms with E-state index in [2.05, 4.69) is 4.90 Å². The molecule has 0 amide bonds. The van der Waals surface area contributed by atoms with Crippen LogP contribution in [0.2, 0.25) is 0 Å². The average Bonchev–Trinajstić information content (AvgIpc) is 2.25. The number of hydrogen-bond acceptors (Lipinski definition) is 2. The fraction of sp³-hybridized carbons (Fsp3) is 1.00. The molecule has 0 unspecified atom stereocenters. The first-order valence-corrected chi connectivity index (χ1v) is 5.57. The van der Waals surface area contributed by atoms with Gasteiger partial charge in [0.25, 0.3) is 0 Å². The lowest BCUT2D eigenvalue weighted by Crippen LogP contribution is -2.61. The summed E-state index contributed by atoms with van der Waals surface area (Å²) in [4.78, 5) is 2.25. The highest BCUT2D eigenvalue weighted by Crippen LogP contribution is 2.46. The molecule has 2 aliphatic heterocycles. The maximum atomic E-state index is 13.5. The zero-order chi connectivity index (χ0) is 10.3. The van der Waals surface area contributed by atoms with Gasteiger partial charge in [-0.05, 0) is 20.3 Å². The molecular formula is C11H20FNO. The molecule has 2 fully saturated rings. The van der Waals surface area contributed by atoms with Crippen molar-refractivity contribution < 1.29 is 9.13 Å². The van der Waals surface area contributed by atoms with Crippen molar-refractivity contribution in [2.75, 3.05) is 19.7 Å². The van der Waals surface area contributed by atoms with Gasteiger partial charge in [0.05, 0.1) is 18.2 Å². The summed E-state index contributed by atoms with van der Waals surface area (Å²) in [6.07, 6.45) is 0.687. The molecule has 0 N–H and O–H groups in total. The van der Waals surface area contributed by atoms with Crippen LogP contribution in [-0.4, -0.2) is 42.4 Å². The molecule has 0 aromatic carbocycles. The standard InChI is InChI=1S/C11H20FNO/c1-8(2)14-7-11-4-5-13(11)6-10(12)9(11)3/h8-10H,4-7H2,1-3H3/t9-,10+,11-/m1/s1. The monoisotopic (exact) mass is 201 g/mol. The summed E-state index contributed by atoms with van der Waals surface area (Å²) in [5.74, 6) is 0.134. The van der Waals surface area contributed by atoms with Crippen LogP contribution in [0.1, 0.15) is 27.2 Å². The van der Waals surface area contributed by atoms with Crippen LogP contribution >= 0.6 is 0 Å². The summed E-state index contributed by atoms with van der Waals surface area (Å²) < 4.78 is 19.2. The van der Waals surface area contributed by atoms with E-state index in [0.717, 1.165) is 13.0 Å². The third kappa shape index (κ3) is 1.38. The van der Waals surface area contributed by atoms with E-state index < -0.39 is 6.17 Å². The molecule has 2 rings (SSSR count). The Kier molecular flexibility index (Phi) is 2.56. The molecule has 0 saturated carbocycles. The highest BCUT2D eigenvalue weighted by molar-refractivity contribution is 5.11. The van der Waals surface area contributed by atoms with Gasteiger partial charge in [-0.2, -0.15) is 0 Å². The van der Waals surface area contributed by atoms with Crippen molar-refractivity contribution in [3.8, 4) is 0 Å². The second kappa shape index (κ2) is 3.46. The number of nitrogens with zero attached hydrogens (tertiary/aromatic N) is 1. The molecule has 82 valence electrons. The van der Waals surface area contributed by atoms with Crippen molar-refractivity contribution in [3.05, 3.63) is 0 Å². The molecule has 0 aliphatic carbocycles. The Labute approximate surface area is 85.4 Å². The molecule has 3 atom stereocenters. The normalized spacial score (nSPS) is 42.6. The molecule has 0 aromatic heterocycles. The Morgan fingerprint density at radius 3 is 2.71 bits per heavy atom. The van der Waals surface area contributed by atoms with Crippen molar-refractivity contribution in [2.24, 2.45) is 5.92 Å². The maximum Gasteiger partial charge on any atom is 0.117 e. The zero-order valence-electron chi connectivity index (χ0n) is 9.29. The van der Waals surface area contributed by atoms with Gasteiger partial charge in [-0.25, -0.2) is 4.39 Å². The molecule has 3 heteroatoms. The number of ether oxygens (including phenoxy) is 1. The molecule has 14 heavy (non-hydrogen) atoms. The van der Waals surface area contributed by atoms with E-state index >= 15 is 0 Å². The Hall–Kier alpha value is -0.150. The van der Waals surface area contributed by atoms with Crippen LogP contribution < -0.4 is 0 Å². The van der Waals surface area contributed by atoms with Gasteiger partial charge in [-0.15, -0.1) is 0 Å². The number of fused-ring (bicyclic) bond motifs is 1. The molecule has 0 bridgehead atoms. The first kappa shape index (κ1) is 10.4. The van der Waals surface area contributed by atoms with Gasteiger partial charge in [-0.1, -0.05) is 6.92 Å². The number of rotatable bonds is 3. The third-order valence-corrected chi connectivity index (χ3v) is 3.90. The van der Waals surface area contributed by atoms with E-state index in [-0.39, 0.29) is 17.6 Å². The quantitative estimate of drug-likeness (QED) is 0.691. The second-order valence-electron chi connectivity index (χ2n) is 4.96. The number of alkyl halides is 1. The largest absolute Gasteiger partial charge is 0.377 e. The minimum absolute atomic E-state index is 0.0314. The summed E-state index contributed by atoms with van der Waals surface area (Å²) in [6.45, 7) is 8.45. The average molecular weight is 201 g/mol. The summed E-state index contributed by atoms with van der Waals surface area (Å²) in [5, 5.41) is 0. The number of halogens is 1. The highest BCUT2D eigenvalue weighted by atomic mass is 19.1. The van der Waals surface area contributed by atoms with Crippen molar-refractivity contribution >= 4 is 0 Å². The SMILES string of the molecule is CC(C)OC[C@@]12CCN1C[C@H](F)[C@H]2C. The molecule has 2 saturated heterocycles. The van der Waals surface area contributed by atoms with Gasteiger partial charge in [0, 0.05) is 19.0 Å². The Morgan fingerprint density at radius 1 is 1.57 bits per heavy atom. The van der Waals surface area contributed by atoms with Crippen molar-refractivity contribution in [3.63, 3.8) is 0 Å². The molecule has 2 aliphatic rings. The third-order valence-electron chi connectivity index (χ3n) is 3.90. The van der Waals surface area contributed by atoms with Crippen molar-refractivity contribution in [1.29, 1.82) is 0 Å². The van der Waals surface area contributed by atoms with Gasteiger partial charge in [0.15, 0.2) is 0 Å². The summed E-state index contributed by atoms with van der Waals surface area (Å²) in [5.41, 5.74) is 0.0314. The van der Waals surface area contributed by atoms with E-state index in [9.17, 15) is 4.39 Å². The molecule has 0 spiro atoms. The Morgan fingerprint density at radius 2 is 2.29 bits per heavy atom. The smallest absolute Gasteiger partial charge is 0.117 e. The van der Waals surface area contributed by atoms with Gasteiger partial charge < -0.3 is 4.74 Å². The topological polar surface area (TPSA) is 12.5 Å². The molecule has 0 radical (unpaired) electrons. The van der Waals surface area contributed by atoms with Crippen LogP contribution in [0.4, 0.5) is 4.39 Å². The van der Waals surface area contributed by atoms with Gasteiger partial charge in [0.2, 0.25) is 0 Å². The molecule has 2 heterocycles.